The number of carbonyl (C=O) groups is 1. The molecule has 2 amide bonds. The van der Waals surface area contributed by atoms with Gasteiger partial charge in [-0.1, -0.05) is 23.7 Å². The zero-order valence-electron chi connectivity index (χ0n) is 17.2. The van der Waals surface area contributed by atoms with Crippen LogP contribution in [0.2, 0.25) is 5.02 Å². The van der Waals surface area contributed by atoms with Gasteiger partial charge < -0.3 is 15.0 Å². The first-order valence-electron chi connectivity index (χ1n) is 10.1. The number of methoxy groups -OCH3 is 1. The lowest BCUT2D eigenvalue weighted by Crippen LogP contribution is -2.51. The van der Waals surface area contributed by atoms with E-state index in [-0.39, 0.29) is 18.0 Å². The van der Waals surface area contributed by atoms with Crippen molar-refractivity contribution < 1.29 is 9.53 Å². The van der Waals surface area contributed by atoms with Crippen molar-refractivity contribution in [1.82, 2.24) is 15.3 Å². The Morgan fingerprint density at radius 1 is 1.13 bits per heavy atom. The molecule has 2 N–H and O–H groups in total. The number of urea groups is 1. The Morgan fingerprint density at radius 3 is 2.58 bits per heavy atom. The first-order valence-corrected chi connectivity index (χ1v) is 10.5. The molecule has 7 nitrogen and oxygen atoms in total. The van der Waals surface area contributed by atoms with Gasteiger partial charge in [0.15, 0.2) is 0 Å². The zero-order valence-corrected chi connectivity index (χ0v) is 17.9. The van der Waals surface area contributed by atoms with Crippen LogP contribution < -0.4 is 20.3 Å². The van der Waals surface area contributed by atoms with E-state index in [9.17, 15) is 4.79 Å². The molecule has 0 saturated carbocycles. The molecule has 0 bridgehead atoms. The van der Waals surface area contributed by atoms with E-state index in [1.807, 2.05) is 24.3 Å². The molecule has 1 aliphatic heterocycles. The highest BCUT2D eigenvalue weighted by Gasteiger charge is 2.32. The van der Waals surface area contributed by atoms with Crippen LogP contribution in [0.4, 0.5) is 16.3 Å². The van der Waals surface area contributed by atoms with E-state index in [2.05, 4.69) is 37.6 Å². The summed E-state index contributed by atoms with van der Waals surface area (Å²) in [7, 11) is 1.65. The number of nitrogens with one attached hydrogen (secondary N) is 2. The topological polar surface area (TPSA) is 79.4 Å². The Labute approximate surface area is 186 Å². The number of benzene rings is 1. The summed E-state index contributed by atoms with van der Waals surface area (Å²) >= 11 is 5.87. The van der Waals surface area contributed by atoms with Gasteiger partial charge in [-0.3, -0.25) is 10.3 Å². The second kappa shape index (κ2) is 9.66. The molecule has 160 valence electrons. The molecule has 8 heteroatoms. The van der Waals surface area contributed by atoms with Gasteiger partial charge in [-0.05, 0) is 48.4 Å². The third-order valence-electron chi connectivity index (χ3n) is 5.47. The molecule has 0 radical (unpaired) electrons. The van der Waals surface area contributed by atoms with Gasteiger partial charge in [0, 0.05) is 49.3 Å². The fourth-order valence-electron chi connectivity index (χ4n) is 3.87. The third kappa shape index (κ3) is 5.24. The third-order valence-corrected chi connectivity index (χ3v) is 5.69. The Balaban J connectivity index is 1.51. The van der Waals surface area contributed by atoms with Crippen LogP contribution in [0.15, 0.2) is 67.1 Å². The molecular formula is C23H24ClN5O2. The minimum absolute atomic E-state index is 0.0289. The van der Waals surface area contributed by atoms with Gasteiger partial charge in [-0.2, -0.15) is 0 Å². The van der Waals surface area contributed by atoms with Crippen molar-refractivity contribution in [2.75, 3.05) is 30.4 Å². The molecule has 1 saturated heterocycles. The number of carbonyl (C=O) groups excluding carboxylic acids is 1. The van der Waals surface area contributed by atoms with E-state index in [1.54, 1.807) is 31.6 Å². The molecule has 1 fully saturated rings. The van der Waals surface area contributed by atoms with Crippen molar-refractivity contribution in [3.8, 4) is 5.75 Å². The van der Waals surface area contributed by atoms with Gasteiger partial charge in [-0.25, -0.2) is 9.78 Å². The standard InChI is InChI=1S/C23H24ClN5O2/c1-31-19-5-2-16(3-6-19)20-15-29(18-8-11-25-12-9-18)13-10-21(20)27-23(30)28-22-7-4-17(24)14-26-22/h2-9,11-12,14,20-21H,10,13,15H2,1H3,(H2,26,27,28,30). The number of hydrogen-bond acceptors (Lipinski definition) is 5. The number of anilines is 2. The average Bonchev–Trinajstić information content (AvgIpc) is 2.81. The van der Waals surface area contributed by atoms with Crippen LogP contribution in [-0.2, 0) is 0 Å². The van der Waals surface area contributed by atoms with Crippen molar-refractivity contribution in [2.45, 2.75) is 18.4 Å². The maximum Gasteiger partial charge on any atom is 0.320 e. The van der Waals surface area contributed by atoms with Crippen LogP contribution in [0, 0.1) is 0 Å². The van der Waals surface area contributed by atoms with Crippen molar-refractivity contribution in [1.29, 1.82) is 0 Å². The normalized spacial score (nSPS) is 18.3. The van der Waals surface area contributed by atoms with Gasteiger partial charge >= 0.3 is 6.03 Å². The Hall–Kier alpha value is -3.32. The summed E-state index contributed by atoms with van der Waals surface area (Å²) in [5.74, 6) is 1.37. The summed E-state index contributed by atoms with van der Waals surface area (Å²) in [6.45, 7) is 1.61. The Kier molecular flexibility index (Phi) is 6.52. The SMILES string of the molecule is COc1ccc(C2CN(c3ccncc3)CCC2NC(=O)Nc2ccc(Cl)cn2)cc1. The number of hydrogen-bond donors (Lipinski definition) is 2. The van der Waals surface area contributed by atoms with Gasteiger partial charge in [0.2, 0.25) is 0 Å². The first-order chi connectivity index (χ1) is 15.1. The summed E-state index contributed by atoms with van der Waals surface area (Å²) in [6, 6.07) is 15.1. The highest BCUT2D eigenvalue weighted by molar-refractivity contribution is 6.30. The molecule has 0 spiro atoms. The average molecular weight is 438 g/mol. The minimum Gasteiger partial charge on any atom is -0.497 e. The number of ether oxygens (including phenoxy) is 1. The van der Waals surface area contributed by atoms with Crippen molar-refractivity contribution in [3.05, 3.63) is 77.7 Å². The molecule has 3 heterocycles. The summed E-state index contributed by atoms with van der Waals surface area (Å²) in [4.78, 5) is 23.2. The number of rotatable bonds is 5. The lowest BCUT2D eigenvalue weighted by atomic mass is 9.85. The number of pyridine rings is 2. The van der Waals surface area contributed by atoms with Crippen LogP contribution in [-0.4, -0.2) is 42.2 Å². The molecule has 3 aromatic rings. The molecule has 2 unspecified atom stereocenters. The number of amides is 2. The monoisotopic (exact) mass is 437 g/mol. The van der Waals surface area contributed by atoms with E-state index in [1.165, 1.54) is 6.20 Å². The lowest BCUT2D eigenvalue weighted by molar-refractivity contribution is 0.243. The Morgan fingerprint density at radius 2 is 1.90 bits per heavy atom. The van der Waals surface area contributed by atoms with E-state index < -0.39 is 0 Å². The van der Waals surface area contributed by atoms with Gasteiger partial charge in [0.1, 0.15) is 11.6 Å². The number of halogens is 1. The van der Waals surface area contributed by atoms with Gasteiger partial charge in [0.05, 0.1) is 12.1 Å². The predicted molar refractivity (Wildman–Crippen MR) is 122 cm³/mol. The molecule has 0 aliphatic carbocycles. The molecule has 4 rings (SSSR count). The summed E-state index contributed by atoms with van der Waals surface area (Å²) < 4.78 is 5.30. The second-order valence-corrected chi connectivity index (χ2v) is 7.82. The van der Waals surface area contributed by atoms with Crippen LogP contribution in [0.3, 0.4) is 0 Å². The zero-order chi connectivity index (χ0) is 21.6. The predicted octanol–water partition coefficient (Wildman–Crippen LogP) is 4.32. The maximum absolute atomic E-state index is 12.7. The number of piperidine rings is 1. The summed E-state index contributed by atoms with van der Waals surface area (Å²) in [5, 5.41) is 6.45. The van der Waals surface area contributed by atoms with Crippen LogP contribution in [0.5, 0.6) is 5.75 Å². The van der Waals surface area contributed by atoms with E-state index >= 15 is 0 Å². The molecule has 2 aromatic heterocycles. The number of nitrogens with zero attached hydrogens (tertiary/aromatic N) is 3. The van der Waals surface area contributed by atoms with Crippen LogP contribution >= 0.6 is 11.6 Å². The highest BCUT2D eigenvalue weighted by Crippen LogP contribution is 2.31. The van der Waals surface area contributed by atoms with Gasteiger partial charge in [-0.15, -0.1) is 0 Å². The van der Waals surface area contributed by atoms with Crippen molar-refractivity contribution >= 4 is 29.1 Å². The molecule has 1 aliphatic rings. The molecule has 2 atom stereocenters. The van der Waals surface area contributed by atoms with Gasteiger partial charge in [0.25, 0.3) is 0 Å². The summed E-state index contributed by atoms with van der Waals surface area (Å²) in [6.07, 6.45) is 5.91. The van der Waals surface area contributed by atoms with E-state index in [0.717, 1.165) is 36.5 Å². The van der Waals surface area contributed by atoms with Crippen molar-refractivity contribution in [3.63, 3.8) is 0 Å². The number of aromatic nitrogens is 2. The Bertz CT molecular complexity index is 999. The highest BCUT2D eigenvalue weighted by atomic mass is 35.5. The lowest BCUT2D eigenvalue weighted by Gasteiger charge is -2.40. The van der Waals surface area contributed by atoms with Crippen LogP contribution in [0.25, 0.3) is 0 Å². The minimum atomic E-state index is -0.282. The maximum atomic E-state index is 12.7. The summed E-state index contributed by atoms with van der Waals surface area (Å²) in [5.41, 5.74) is 2.27. The molecule has 31 heavy (non-hydrogen) atoms. The van der Waals surface area contributed by atoms with E-state index in [0.29, 0.717) is 10.8 Å². The fraction of sp³-hybridized carbons (Fsp3) is 0.261. The largest absolute Gasteiger partial charge is 0.497 e. The molecule has 1 aromatic carbocycles. The fourth-order valence-corrected chi connectivity index (χ4v) is 3.99. The second-order valence-electron chi connectivity index (χ2n) is 7.39. The quantitative estimate of drug-likeness (QED) is 0.621. The molecular weight excluding hydrogens is 414 g/mol. The first kappa shape index (κ1) is 20.9. The van der Waals surface area contributed by atoms with E-state index in [4.69, 9.17) is 16.3 Å². The van der Waals surface area contributed by atoms with Crippen LogP contribution in [0.1, 0.15) is 17.9 Å². The smallest absolute Gasteiger partial charge is 0.320 e. The van der Waals surface area contributed by atoms with Crippen molar-refractivity contribution in [2.24, 2.45) is 0 Å².